The molecule has 7 nitrogen and oxygen atoms in total. The van der Waals surface area contributed by atoms with Gasteiger partial charge in [-0.15, -0.1) is 0 Å². The van der Waals surface area contributed by atoms with E-state index in [2.05, 4.69) is 20.5 Å². The van der Waals surface area contributed by atoms with Crippen molar-refractivity contribution < 1.29 is 18.7 Å². The van der Waals surface area contributed by atoms with Crippen LogP contribution in [0.4, 0.5) is 20.3 Å². The number of likely N-dealkylation sites (tertiary alicyclic amines) is 1. The number of benzene rings is 2. The van der Waals surface area contributed by atoms with Gasteiger partial charge in [-0.05, 0) is 66.4 Å². The third-order valence-electron chi connectivity index (χ3n) is 5.93. The van der Waals surface area contributed by atoms with E-state index in [0.29, 0.717) is 53.2 Å². The molecule has 9 heteroatoms. The van der Waals surface area contributed by atoms with Crippen LogP contribution < -0.4 is 5.32 Å². The van der Waals surface area contributed by atoms with E-state index in [1.165, 1.54) is 6.07 Å². The maximum Gasteiger partial charge on any atom is 0.254 e. The predicted molar refractivity (Wildman–Crippen MR) is 124 cm³/mol. The first-order valence-electron chi connectivity index (χ1n) is 11.1. The maximum absolute atomic E-state index is 14.1. The molecular weight excluding hydrogens is 440 g/mol. The van der Waals surface area contributed by atoms with Gasteiger partial charge in [0, 0.05) is 37.0 Å². The van der Waals surface area contributed by atoms with Crippen molar-refractivity contribution in [1.82, 2.24) is 20.1 Å². The number of hydrogen-bond acceptors (Lipinski definition) is 5. The lowest BCUT2D eigenvalue weighted by Gasteiger charge is -2.30. The molecule has 5 rings (SSSR count). The molecule has 34 heavy (non-hydrogen) atoms. The number of rotatable bonds is 5. The Morgan fingerprint density at radius 2 is 2.09 bits per heavy atom. The average molecular weight is 463 g/mol. The smallest absolute Gasteiger partial charge is 0.254 e. The van der Waals surface area contributed by atoms with Crippen LogP contribution in [0.2, 0.25) is 0 Å². The standard InChI is InChI=1S/C25H23F2N5O2/c26-18-6-7-22(27)17(11-18)9-15-10-21-23(28-13-15)30-31-24(21)29-19-4-1-3-16(12-19)25(34)32-8-2-5-20(33)14-32/h1,3-4,6-7,10-13,20,33H,2,5,8-9,14H2,(H2,28,29,30,31). The molecule has 1 aliphatic heterocycles. The molecule has 2 aromatic carbocycles. The van der Waals surface area contributed by atoms with Crippen molar-refractivity contribution in [2.75, 3.05) is 18.4 Å². The Morgan fingerprint density at radius 3 is 2.94 bits per heavy atom. The number of halogens is 2. The number of carbonyl (C=O) groups is 1. The van der Waals surface area contributed by atoms with Gasteiger partial charge in [0.15, 0.2) is 5.65 Å². The number of aromatic amines is 1. The normalized spacial score (nSPS) is 16.1. The molecule has 1 amide bonds. The van der Waals surface area contributed by atoms with Gasteiger partial charge in [0.1, 0.15) is 17.5 Å². The fourth-order valence-corrected chi connectivity index (χ4v) is 4.23. The number of aromatic nitrogens is 3. The molecule has 0 radical (unpaired) electrons. The maximum atomic E-state index is 14.1. The zero-order chi connectivity index (χ0) is 23.7. The summed E-state index contributed by atoms with van der Waals surface area (Å²) in [5.41, 5.74) is 2.61. The summed E-state index contributed by atoms with van der Waals surface area (Å²) in [7, 11) is 0. The van der Waals surface area contributed by atoms with Crippen molar-refractivity contribution in [3.63, 3.8) is 0 Å². The van der Waals surface area contributed by atoms with Gasteiger partial charge < -0.3 is 15.3 Å². The summed E-state index contributed by atoms with van der Waals surface area (Å²) in [4.78, 5) is 18.9. The van der Waals surface area contributed by atoms with Crippen LogP contribution in [0.15, 0.2) is 54.7 Å². The summed E-state index contributed by atoms with van der Waals surface area (Å²) >= 11 is 0. The molecule has 0 aliphatic carbocycles. The number of amides is 1. The minimum atomic E-state index is -0.496. The van der Waals surface area contributed by atoms with Gasteiger partial charge in [-0.25, -0.2) is 13.8 Å². The van der Waals surface area contributed by atoms with Crippen molar-refractivity contribution in [2.45, 2.75) is 25.4 Å². The SMILES string of the molecule is O=C(c1cccc(Nc2[nH]nc3ncc(Cc4cc(F)ccc4F)cc23)c1)N1CCCC(O)C1. The van der Waals surface area contributed by atoms with Crippen molar-refractivity contribution in [1.29, 1.82) is 0 Å². The van der Waals surface area contributed by atoms with E-state index in [9.17, 15) is 18.7 Å². The highest BCUT2D eigenvalue weighted by Gasteiger charge is 2.23. The van der Waals surface area contributed by atoms with E-state index < -0.39 is 17.7 Å². The van der Waals surface area contributed by atoms with Crippen LogP contribution >= 0.6 is 0 Å². The van der Waals surface area contributed by atoms with Crippen molar-refractivity contribution in [3.8, 4) is 0 Å². The summed E-state index contributed by atoms with van der Waals surface area (Å²) in [6.07, 6.45) is 2.77. The van der Waals surface area contributed by atoms with E-state index in [-0.39, 0.29) is 17.9 Å². The zero-order valence-electron chi connectivity index (χ0n) is 18.3. The number of carbonyl (C=O) groups excluding carboxylic acids is 1. The van der Waals surface area contributed by atoms with E-state index >= 15 is 0 Å². The zero-order valence-corrected chi connectivity index (χ0v) is 18.3. The Labute approximate surface area is 194 Å². The van der Waals surface area contributed by atoms with Crippen LogP contribution in [0, 0.1) is 11.6 Å². The second-order valence-electron chi connectivity index (χ2n) is 8.48. The number of aliphatic hydroxyl groups excluding tert-OH is 1. The second-order valence-corrected chi connectivity index (χ2v) is 8.48. The van der Waals surface area contributed by atoms with Gasteiger partial charge in [-0.2, -0.15) is 5.10 Å². The quantitative estimate of drug-likeness (QED) is 0.413. The molecule has 1 aliphatic rings. The molecule has 0 bridgehead atoms. The molecule has 3 heterocycles. The van der Waals surface area contributed by atoms with Gasteiger partial charge in [0.05, 0.1) is 11.5 Å². The Morgan fingerprint density at radius 1 is 1.21 bits per heavy atom. The molecule has 3 N–H and O–H groups in total. The number of anilines is 2. The Bertz CT molecular complexity index is 1360. The average Bonchev–Trinajstić information content (AvgIpc) is 3.23. The highest BCUT2D eigenvalue weighted by atomic mass is 19.1. The van der Waals surface area contributed by atoms with Gasteiger partial charge in [0.25, 0.3) is 5.91 Å². The number of H-pyrrole nitrogens is 1. The summed E-state index contributed by atoms with van der Waals surface area (Å²) in [5.74, 6) is -0.528. The van der Waals surface area contributed by atoms with E-state index in [0.717, 1.165) is 18.6 Å². The molecule has 1 saturated heterocycles. The van der Waals surface area contributed by atoms with Gasteiger partial charge >= 0.3 is 0 Å². The summed E-state index contributed by atoms with van der Waals surface area (Å²) < 4.78 is 27.6. The van der Waals surface area contributed by atoms with Gasteiger partial charge in [-0.1, -0.05) is 6.07 Å². The molecule has 2 aromatic heterocycles. The fourth-order valence-electron chi connectivity index (χ4n) is 4.23. The third-order valence-corrected chi connectivity index (χ3v) is 5.93. The fraction of sp³-hybridized carbons (Fsp3) is 0.240. The first-order valence-corrected chi connectivity index (χ1v) is 11.1. The number of pyridine rings is 1. The first-order chi connectivity index (χ1) is 16.5. The molecule has 1 atom stereocenters. The van der Waals surface area contributed by atoms with Gasteiger partial charge in [-0.3, -0.25) is 9.89 Å². The minimum Gasteiger partial charge on any atom is -0.391 e. The molecule has 1 unspecified atom stereocenters. The van der Waals surface area contributed by atoms with Crippen LogP contribution in [0.1, 0.15) is 34.3 Å². The van der Waals surface area contributed by atoms with Gasteiger partial charge in [0.2, 0.25) is 0 Å². The predicted octanol–water partition coefficient (Wildman–Crippen LogP) is 4.17. The molecule has 174 valence electrons. The number of β-amino-alcohol motifs (C(OH)–C–C–N with tert-alkyl or cyclic N) is 1. The van der Waals surface area contributed by atoms with Crippen molar-refractivity contribution >= 4 is 28.4 Å². The lowest BCUT2D eigenvalue weighted by Crippen LogP contribution is -2.42. The first kappa shape index (κ1) is 22.0. The topological polar surface area (TPSA) is 94.1 Å². The monoisotopic (exact) mass is 463 g/mol. The second kappa shape index (κ2) is 9.18. The van der Waals surface area contributed by atoms with E-state index in [1.54, 1.807) is 29.3 Å². The Kier molecular flexibility index (Phi) is 5.93. The third kappa shape index (κ3) is 4.60. The Hall–Kier alpha value is -3.85. The van der Waals surface area contributed by atoms with Crippen LogP contribution in [-0.4, -0.2) is 50.3 Å². The highest BCUT2D eigenvalue weighted by molar-refractivity contribution is 5.96. The van der Waals surface area contributed by atoms with E-state index in [4.69, 9.17) is 0 Å². The summed E-state index contributed by atoms with van der Waals surface area (Å²) in [6, 6.07) is 12.3. The number of fused-ring (bicyclic) bond motifs is 1. The van der Waals surface area contributed by atoms with Crippen LogP contribution in [0.3, 0.4) is 0 Å². The largest absolute Gasteiger partial charge is 0.391 e. The lowest BCUT2D eigenvalue weighted by atomic mass is 10.0. The van der Waals surface area contributed by atoms with Crippen LogP contribution in [0.5, 0.6) is 0 Å². The minimum absolute atomic E-state index is 0.127. The number of nitrogens with one attached hydrogen (secondary N) is 2. The number of nitrogens with zero attached hydrogens (tertiary/aromatic N) is 3. The summed E-state index contributed by atoms with van der Waals surface area (Å²) in [6.45, 7) is 0.959. The molecule has 0 saturated carbocycles. The molecule has 1 fully saturated rings. The number of hydrogen-bond donors (Lipinski definition) is 3. The molecular formula is C25H23F2N5O2. The Balaban J connectivity index is 1.38. The number of aliphatic hydroxyl groups is 1. The van der Waals surface area contributed by atoms with Crippen molar-refractivity contribution in [2.24, 2.45) is 0 Å². The van der Waals surface area contributed by atoms with Crippen LogP contribution in [0.25, 0.3) is 11.0 Å². The molecule has 0 spiro atoms. The number of piperidine rings is 1. The lowest BCUT2D eigenvalue weighted by molar-refractivity contribution is 0.0474. The molecule has 4 aromatic rings. The highest BCUT2D eigenvalue weighted by Crippen LogP contribution is 2.26. The summed E-state index contributed by atoms with van der Waals surface area (Å²) in [5, 5.41) is 20.9. The van der Waals surface area contributed by atoms with Crippen molar-refractivity contribution in [3.05, 3.63) is 83.1 Å². The van der Waals surface area contributed by atoms with E-state index in [1.807, 2.05) is 12.1 Å². The van der Waals surface area contributed by atoms with Crippen LogP contribution in [-0.2, 0) is 6.42 Å².